The molecule has 0 spiro atoms. The lowest BCUT2D eigenvalue weighted by Crippen LogP contribution is -2.14. The topological polar surface area (TPSA) is 46.9 Å². The first-order chi connectivity index (χ1) is 11.0. The first kappa shape index (κ1) is 15.2. The third-order valence-electron chi connectivity index (χ3n) is 3.08. The van der Waals surface area contributed by atoms with Crippen LogP contribution >= 0.6 is 11.6 Å². The second-order valence-corrected chi connectivity index (χ2v) is 5.16. The zero-order chi connectivity index (χ0) is 16.4. The number of anilines is 1. The van der Waals surface area contributed by atoms with Crippen LogP contribution in [0.2, 0.25) is 5.02 Å². The molecule has 23 heavy (non-hydrogen) atoms. The van der Waals surface area contributed by atoms with Crippen LogP contribution in [0.1, 0.15) is 10.4 Å². The summed E-state index contributed by atoms with van der Waals surface area (Å²) < 4.78 is 28.0. The molecule has 0 unspecified atom stereocenters. The number of carbonyl (C=O) groups excluding carboxylic acids is 1. The van der Waals surface area contributed by atoms with Crippen molar-refractivity contribution in [1.82, 2.24) is 9.78 Å². The summed E-state index contributed by atoms with van der Waals surface area (Å²) >= 11 is 5.98. The first-order valence-corrected chi connectivity index (χ1v) is 6.98. The zero-order valence-corrected chi connectivity index (χ0v) is 12.4. The number of nitrogens with one attached hydrogen (secondary N) is 1. The number of aromatic nitrogens is 2. The number of amides is 1. The van der Waals surface area contributed by atoms with Crippen molar-refractivity contribution in [3.8, 4) is 5.69 Å². The van der Waals surface area contributed by atoms with Gasteiger partial charge in [0, 0.05) is 29.0 Å². The molecule has 0 atom stereocenters. The zero-order valence-electron chi connectivity index (χ0n) is 11.6. The molecule has 3 aromatic rings. The molecule has 116 valence electrons. The maximum atomic E-state index is 13.2. The third kappa shape index (κ3) is 3.37. The van der Waals surface area contributed by atoms with Gasteiger partial charge in [0.1, 0.15) is 11.6 Å². The van der Waals surface area contributed by atoms with Gasteiger partial charge in [0.15, 0.2) is 0 Å². The molecule has 0 saturated heterocycles. The Hall–Kier alpha value is -2.73. The van der Waals surface area contributed by atoms with Crippen LogP contribution in [0.4, 0.5) is 14.5 Å². The lowest BCUT2D eigenvalue weighted by molar-refractivity contribution is 0.102. The molecule has 0 bridgehead atoms. The molecule has 7 heteroatoms. The van der Waals surface area contributed by atoms with Crippen LogP contribution in [0.5, 0.6) is 0 Å². The molecule has 2 aromatic carbocycles. The van der Waals surface area contributed by atoms with Gasteiger partial charge in [-0.05, 0) is 36.4 Å². The summed E-state index contributed by atoms with van der Waals surface area (Å²) in [5, 5.41) is 7.15. The van der Waals surface area contributed by atoms with E-state index in [0.29, 0.717) is 22.5 Å². The molecular formula is C16H10ClF2N3O. The minimum atomic E-state index is -0.821. The average molecular weight is 334 g/mol. The van der Waals surface area contributed by atoms with Crippen molar-refractivity contribution in [3.63, 3.8) is 0 Å². The van der Waals surface area contributed by atoms with Crippen molar-refractivity contribution in [3.05, 3.63) is 77.1 Å². The summed E-state index contributed by atoms with van der Waals surface area (Å²) in [6.07, 6.45) is 3.26. The Balaban J connectivity index is 1.95. The molecule has 1 N–H and O–H groups in total. The Kier molecular flexibility index (Phi) is 4.08. The summed E-state index contributed by atoms with van der Waals surface area (Å²) in [5.41, 5.74) is 0.823. The Morgan fingerprint density at radius 1 is 1.13 bits per heavy atom. The van der Waals surface area contributed by atoms with Gasteiger partial charge in [0.25, 0.3) is 5.91 Å². The Morgan fingerprint density at radius 3 is 2.52 bits per heavy atom. The normalized spacial score (nSPS) is 10.6. The number of hydrogen-bond acceptors (Lipinski definition) is 2. The third-order valence-corrected chi connectivity index (χ3v) is 3.32. The van der Waals surface area contributed by atoms with Gasteiger partial charge in [0.2, 0.25) is 0 Å². The predicted molar refractivity (Wildman–Crippen MR) is 82.9 cm³/mol. The van der Waals surface area contributed by atoms with Gasteiger partial charge < -0.3 is 5.32 Å². The summed E-state index contributed by atoms with van der Waals surface area (Å²) in [6, 6.07) is 9.14. The molecule has 1 amide bonds. The van der Waals surface area contributed by atoms with E-state index >= 15 is 0 Å². The molecule has 4 nitrogen and oxygen atoms in total. The van der Waals surface area contributed by atoms with E-state index in [4.69, 9.17) is 11.6 Å². The molecule has 0 aliphatic carbocycles. The fourth-order valence-corrected chi connectivity index (χ4v) is 2.26. The van der Waals surface area contributed by atoms with Crippen LogP contribution in [0.15, 0.2) is 54.9 Å². The predicted octanol–water partition coefficient (Wildman–Crippen LogP) is 4.06. The highest BCUT2D eigenvalue weighted by atomic mass is 35.5. The van der Waals surface area contributed by atoms with Gasteiger partial charge in [-0.1, -0.05) is 11.6 Å². The van der Waals surface area contributed by atoms with Crippen molar-refractivity contribution >= 4 is 23.2 Å². The minimum Gasteiger partial charge on any atom is -0.320 e. The Bertz CT molecular complexity index is 846. The van der Waals surface area contributed by atoms with Crippen molar-refractivity contribution in [2.45, 2.75) is 0 Å². The standard InChI is InChI=1S/C16H10ClF2N3O/c17-11-2-3-14(15(8-11)22-5-1-4-20-22)21-16(23)10-6-12(18)9-13(19)7-10/h1-9H,(H,21,23). The van der Waals surface area contributed by atoms with Gasteiger partial charge >= 0.3 is 0 Å². The van der Waals surface area contributed by atoms with E-state index in [9.17, 15) is 13.6 Å². The minimum absolute atomic E-state index is 0.121. The van der Waals surface area contributed by atoms with Crippen molar-refractivity contribution < 1.29 is 13.6 Å². The number of halogens is 3. The quantitative estimate of drug-likeness (QED) is 0.785. The second-order valence-electron chi connectivity index (χ2n) is 4.72. The molecular weight excluding hydrogens is 324 g/mol. The van der Waals surface area contributed by atoms with E-state index < -0.39 is 17.5 Å². The lowest BCUT2D eigenvalue weighted by atomic mass is 10.2. The van der Waals surface area contributed by atoms with E-state index in [-0.39, 0.29) is 5.56 Å². The number of hydrogen-bond donors (Lipinski definition) is 1. The van der Waals surface area contributed by atoms with Crippen molar-refractivity contribution in [2.24, 2.45) is 0 Å². The first-order valence-electron chi connectivity index (χ1n) is 6.60. The van der Waals surface area contributed by atoms with Gasteiger partial charge in [-0.2, -0.15) is 5.10 Å². The molecule has 3 rings (SSSR count). The highest BCUT2D eigenvalue weighted by Gasteiger charge is 2.13. The Morgan fingerprint density at radius 2 is 1.87 bits per heavy atom. The molecule has 1 aromatic heterocycles. The van der Waals surface area contributed by atoms with Crippen LogP contribution in [0, 0.1) is 11.6 Å². The van der Waals surface area contributed by atoms with Crippen LogP contribution in [0.3, 0.4) is 0 Å². The maximum Gasteiger partial charge on any atom is 0.255 e. The van der Waals surface area contributed by atoms with Gasteiger partial charge in [-0.15, -0.1) is 0 Å². The largest absolute Gasteiger partial charge is 0.320 e. The van der Waals surface area contributed by atoms with E-state index in [2.05, 4.69) is 10.4 Å². The molecule has 0 aliphatic rings. The highest BCUT2D eigenvalue weighted by molar-refractivity contribution is 6.31. The summed E-state index contributed by atoms with van der Waals surface area (Å²) in [5.74, 6) is -2.28. The smallest absolute Gasteiger partial charge is 0.255 e. The van der Waals surface area contributed by atoms with Crippen LogP contribution in [0.25, 0.3) is 5.69 Å². The SMILES string of the molecule is O=C(Nc1ccc(Cl)cc1-n1cccn1)c1cc(F)cc(F)c1. The molecule has 0 aliphatic heterocycles. The van der Waals surface area contributed by atoms with Gasteiger partial charge in [-0.25, -0.2) is 13.5 Å². The number of carbonyl (C=O) groups is 1. The van der Waals surface area contributed by atoms with E-state index in [1.807, 2.05) is 0 Å². The van der Waals surface area contributed by atoms with Gasteiger partial charge in [0.05, 0.1) is 11.4 Å². The Labute approximate surface area is 135 Å². The molecule has 0 saturated carbocycles. The number of benzene rings is 2. The van der Waals surface area contributed by atoms with Crippen molar-refractivity contribution in [2.75, 3.05) is 5.32 Å². The van der Waals surface area contributed by atoms with Crippen molar-refractivity contribution in [1.29, 1.82) is 0 Å². The summed E-state index contributed by atoms with van der Waals surface area (Å²) in [6.45, 7) is 0. The van der Waals surface area contributed by atoms with E-state index in [0.717, 1.165) is 12.1 Å². The van der Waals surface area contributed by atoms with E-state index in [1.165, 1.54) is 4.68 Å². The van der Waals surface area contributed by atoms with E-state index in [1.54, 1.807) is 36.7 Å². The molecule has 0 fully saturated rings. The van der Waals surface area contributed by atoms with Crippen LogP contribution in [-0.4, -0.2) is 15.7 Å². The fourth-order valence-electron chi connectivity index (χ4n) is 2.09. The highest BCUT2D eigenvalue weighted by Crippen LogP contribution is 2.24. The van der Waals surface area contributed by atoms with Crippen LogP contribution < -0.4 is 5.32 Å². The van der Waals surface area contributed by atoms with Gasteiger partial charge in [-0.3, -0.25) is 4.79 Å². The lowest BCUT2D eigenvalue weighted by Gasteiger charge is -2.12. The summed E-state index contributed by atoms with van der Waals surface area (Å²) in [4.78, 5) is 12.2. The molecule has 0 radical (unpaired) electrons. The number of nitrogens with zero attached hydrogens (tertiary/aromatic N) is 2. The average Bonchev–Trinajstić information content (AvgIpc) is 3.02. The summed E-state index contributed by atoms with van der Waals surface area (Å²) in [7, 11) is 0. The molecule has 1 heterocycles. The van der Waals surface area contributed by atoms with Crippen LogP contribution in [-0.2, 0) is 0 Å². The second kappa shape index (κ2) is 6.18. The fraction of sp³-hybridized carbons (Fsp3) is 0. The monoisotopic (exact) mass is 333 g/mol. The maximum absolute atomic E-state index is 13.2. The number of rotatable bonds is 3.